The van der Waals surface area contributed by atoms with E-state index in [1.54, 1.807) is 0 Å². The van der Waals surface area contributed by atoms with Crippen LogP contribution in [-0.4, -0.2) is 33.2 Å². The maximum absolute atomic E-state index is 5.71. The number of nitrogen functional groups attached to an aromatic ring is 1. The summed E-state index contributed by atoms with van der Waals surface area (Å²) in [7, 11) is 0. The second-order valence-corrected chi connectivity index (χ2v) is 5.20. The Morgan fingerprint density at radius 1 is 1.21 bits per heavy atom. The van der Waals surface area contributed by atoms with Gasteiger partial charge < -0.3 is 23.0 Å². The van der Waals surface area contributed by atoms with Crippen molar-refractivity contribution in [3.8, 4) is 0 Å². The van der Waals surface area contributed by atoms with E-state index in [4.69, 9.17) is 16.9 Å². The number of aromatic nitrogens is 3. The van der Waals surface area contributed by atoms with Gasteiger partial charge in [-0.25, -0.2) is 0 Å². The lowest BCUT2D eigenvalue weighted by Gasteiger charge is -2.26. The Hall–Kier alpha value is -1.28. The zero-order valence-corrected chi connectivity index (χ0v) is 12.1. The maximum Gasteiger partial charge on any atom is 0.300 e. The summed E-state index contributed by atoms with van der Waals surface area (Å²) in [5.74, 6) is 2.03. The highest BCUT2D eigenvalue weighted by atomic mass is 35.5. The number of thioether (sulfide) groups is 1. The highest BCUT2D eigenvalue weighted by Crippen LogP contribution is 2.17. The fourth-order valence-corrected chi connectivity index (χ4v) is 2.30. The predicted octanol–water partition coefficient (Wildman–Crippen LogP) is -4.24. The Bertz CT molecular complexity index is 436. The lowest BCUT2D eigenvalue weighted by atomic mass is 10.1. The van der Waals surface area contributed by atoms with Crippen molar-refractivity contribution in [3.63, 3.8) is 0 Å². The molecule has 6 N–H and O–H groups in total. The number of rotatable bonds is 3. The minimum absolute atomic E-state index is 0. The van der Waals surface area contributed by atoms with Crippen molar-refractivity contribution in [2.45, 2.75) is 25.0 Å². The smallest absolute Gasteiger partial charge is 0.300 e. The van der Waals surface area contributed by atoms with Crippen molar-refractivity contribution in [2.24, 2.45) is 5.73 Å². The summed E-state index contributed by atoms with van der Waals surface area (Å²) in [5, 5.41) is 5.70. The first-order chi connectivity index (χ1) is 8.65. The van der Waals surface area contributed by atoms with Crippen LogP contribution in [0.2, 0.25) is 0 Å². The minimum atomic E-state index is 0. The van der Waals surface area contributed by atoms with Crippen LogP contribution >= 0.6 is 11.8 Å². The Balaban J connectivity index is 0.00000180. The molecule has 1 saturated heterocycles. The zero-order chi connectivity index (χ0) is 13.0. The van der Waals surface area contributed by atoms with E-state index < -0.39 is 0 Å². The van der Waals surface area contributed by atoms with E-state index in [-0.39, 0.29) is 18.4 Å². The molecular formula is C10H18ClN7S. The summed E-state index contributed by atoms with van der Waals surface area (Å²) < 4.78 is 0. The molecule has 106 valence electrons. The van der Waals surface area contributed by atoms with Gasteiger partial charge in [0.1, 0.15) is 5.82 Å². The number of anilines is 2. The van der Waals surface area contributed by atoms with Gasteiger partial charge in [0.15, 0.2) is 0 Å². The molecular weight excluding hydrogens is 286 g/mol. The van der Waals surface area contributed by atoms with Crippen LogP contribution in [0.15, 0.2) is 0 Å². The van der Waals surface area contributed by atoms with Crippen LogP contribution < -0.4 is 34.2 Å². The first kappa shape index (κ1) is 15.8. The fourth-order valence-electron chi connectivity index (χ4n) is 1.87. The Morgan fingerprint density at radius 2 is 1.89 bits per heavy atom. The molecule has 19 heavy (non-hydrogen) atoms. The van der Waals surface area contributed by atoms with Crippen LogP contribution in [0.1, 0.15) is 25.1 Å². The Kier molecular flexibility index (Phi) is 6.10. The van der Waals surface area contributed by atoms with Gasteiger partial charge in [-0.15, -0.1) is 0 Å². The molecule has 1 aromatic heterocycles. The molecule has 1 aliphatic heterocycles. The minimum Gasteiger partial charge on any atom is -1.00 e. The molecule has 0 atom stereocenters. The monoisotopic (exact) mass is 303 g/mol. The highest BCUT2D eigenvalue weighted by molar-refractivity contribution is 8.12. The molecule has 0 unspecified atom stereocenters. The standard InChI is InChI=1S/C10H17N7S.ClH/c11-8(12)18-6-7-14-9(13)16-10(15-7)17-4-2-1-3-5-17;/h1-6H2,(H3,11,12)(H2,13,14,15,16);1H. The summed E-state index contributed by atoms with van der Waals surface area (Å²) >= 11 is 1.29. The van der Waals surface area contributed by atoms with Crippen molar-refractivity contribution >= 4 is 28.8 Å². The van der Waals surface area contributed by atoms with E-state index in [0.29, 0.717) is 22.7 Å². The van der Waals surface area contributed by atoms with Gasteiger partial charge >= 0.3 is 0 Å². The van der Waals surface area contributed by atoms with E-state index in [2.05, 4.69) is 19.9 Å². The maximum atomic E-state index is 5.71. The van der Waals surface area contributed by atoms with Gasteiger partial charge in [0, 0.05) is 13.1 Å². The van der Waals surface area contributed by atoms with Crippen LogP contribution in [0, 0.1) is 0 Å². The van der Waals surface area contributed by atoms with Crippen molar-refractivity contribution in [1.82, 2.24) is 15.0 Å². The molecule has 0 amide bonds. The van der Waals surface area contributed by atoms with Crippen LogP contribution in [0.5, 0.6) is 0 Å². The molecule has 7 nitrogen and oxygen atoms in total. The second kappa shape index (κ2) is 7.34. The van der Waals surface area contributed by atoms with Gasteiger partial charge in [0.05, 0.1) is 5.75 Å². The lowest BCUT2D eigenvalue weighted by molar-refractivity contribution is -0.110. The van der Waals surface area contributed by atoms with Crippen molar-refractivity contribution in [2.75, 3.05) is 23.7 Å². The molecule has 0 bridgehead atoms. The van der Waals surface area contributed by atoms with Gasteiger partial charge in [-0.2, -0.15) is 15.0 Å². The van der Waals surface area contributed by atoms with E-state index in [1.165, 1.54) is 31.0 Å². The fraction of sp³-hybridized carbons (Fsp3) is 0.600. The van der Waals surface area contributed by atoms with Crippen molar-refractivity contribution in [1.29, 1.82) is 0 Å². The van der Waals surface area contributed by atoms with Gasteiger partial charge in [-0.3, -0.25) is 11.1 Å². The largest absolute Gasteiger partial charge is 1.00 e. The molecule has 1 fully saturated rings. The van der Waals surface area contributed by atoms with E-state index in [9.17, 15) is 0 Å². The van der Waals surface area contributed by atoms with Gasteiger partial charge in [-0.1, -0.05) is 0 Å². The quantitative estimate of drug-likeness (QED) is 0.382. The molecule has 0 aliphatic carbocycles. The number of hydrogen-bond donors (Lipinski definition) is 3. The van der Waals surface area contributed by atoms with Crippen LogP contribution in [0.25, 0.3) is 0 Å². The number of amidine groups is 1. The number of halogens is 1. The second-order valence-electron chi connectivity index (χ2n) is 4.15. The number of nitrogens with two attached hydrogens (primary N) is 3. The molecule has 1 aromatic rings. The molecule has 0 aromatic carbocycles. The summed E-state index contributed by atoms with van der Waals surface area (Å²) in [4.78, 5) is 14.8. The topological polar surface area (TPSA) is 120 Å². The van der Waals surface area contributed by atoms with Crippen molar-refractivity contribution in [3.05, 3.63) is 5.82 Å². The molecule has 2 heterocycles. The van der Waals surface area contributed by atoms with Gasteiger partial charge in [0.2, 0.25) is 11.9 Å². The van der Waals surface area contributed by atoms with Gasteiger partial charge in [0.25, 0.3) is 5.17 Å². The third-order valence-electron chi connectivity index (χ3n) is 2.69. The summed E-state index contributed by atoms with van der Waals surface area (Å²) in [6.07, 6.45) is 3.59. The first-order valence-corrected chi connectivity index (χ1v) is 6.90. The highest BCUT2D eigenvalue weighted by Gasteiger charge is 2.15. The lowest BCUT2D eigenvalue weighted by Crippen LogP contribution is -3.00. The normalized spacial score (nSPS) is 14.8. The molecule has 9 heteroatoms. The van der Waals surface area contributed by atoms with Gasteiger partial charge in [-0.05, 0) is 31.0 Å². The third kappa shape index (κ3) is 4.71. The summed E-state index contributed by atoms with van der Waals surface area (Å²) in [6, 6.07) is 0. The third-order valence-corrected chi connectivity index (χ3v) is 3.43. The average Bonchev–Trinajstić information content (AvgIpc) is 2.37. The summed E-state index contributed by atoms with van der Waals surface area (Å²) in [6.45, 7) is 1.95. The van der Waals surface area contributed by atoms with Crippen LogP contribution in [0.3, 0.4) is 0 Å². The van der Waals surface area contributed by atoms with Crippen LogP contribution in [-0.2, 0) is 5.75 Å². The molecule has 0 spiro atoms. The first-order valence-electron chi connectivity index (χ1n) is 5.91. The number of hydrogen-bond acceptors (Lipinski definition) is 6. The van der Waals surface area contributed by atoms with Crippen molar-refractivity contribution < 1.29 is 17.8 Å². The molecule has 0 saturated carbocycles. The van der Waals surface area contributed by atoms with E-state index in [0.717, 1.165) is 13.1 Å². The number of piperidine rings is 1. The zero-order valence-electron chi connectivity index (χ0n) is 10.5. The molecule has 2 rings (SSSR count). The molecule has 0 radical (unpaired) electrons. The number of nitrogens with zero attached hydrogens (tertiary/aromatic N) is 4. The van der Waals surface area contributed by atoms with Crippen LogP contribution in [0.4, 0.5) is 11.9 Å². The predicted molar refractivity (Wildman–Crippen MR) is 72.7 cm³/mol. The Labute approximate surface area is 122 Å². The molecule has 1 aliphatic rings. The van der Waals surface area contributed by atoms with E-state index in [1.807, 2.05) is 0 Å². The summed E-state index contributed by atoms with van der Waals surface area (Å²) in [5.41, 5.74) is 11.1. The average molecular weight is 304 g/mol. The van der Waals surface area contributed by atoms with E-state index >= 15 is 0 Å². The SMILES string of the molecule is NC(=[NH2+])SCc1nc(N)nc(N2CCCCC2)n1.[Cl-]. The Morgan fingerprint density at radius 3 is 2.53 bits per heavy atom.